The third kappa shape index (κ3) is 3.36. The molecule has 0 spiro atoms. The average Bonchev–Trinajstić information content (AvgIpc) is 2.84. The summed E-state index contributed by atoms with van der Waals surface area (Å²) in [7, 11) is 0. The minimum atomic E-state index is -0.394. The summed E-state index contributed by atoms with van der Waals surface area (Å²) in [6, 6.07) is 8.15. The Morgan fingerprint density at radius 1 is 1.20 bits per heavy atom. The molecule has 0 saturated carbocycles. The number of rotatable bonds is 5. The summed E-state index contributed by atoms with van der Waals surface area (Å²) >= 11 is 12.0. The van der Waals surface area contributed by atoms with Gasteiger partial charge in [-0.1, -0.05) is 40.5 Å². The lowest BCUT2D eigenvalue weighted by atomic mass is 10.1. The van der Waals surface area contributed by atoms with Crippen molar-refractivity contribution in [2.24, 2.45) is 5.16 Å². The minimum Gasteiger partial charge on any atom is -0.396 e. The molecule has 25 heavy (non-hydrogen) atoms. The van der Waals surface area contributed by atoms with Gasteiger partial charge in [-0.15, -0.1) is 0 Å². The molecule has 2 heterocycles. The van der Waals surface area contributed by atoms with Gasteiger partial charge in [0.15, 0.2) is 0 Å². The molecule has 0 aliphatic carbocycles. The first kappa shape index (κ1) is 17.4. The predicted octanol–water partition coefficient (Wildman–Crippen LogP) is 3.43. The zero-order chi connectivity index (χ0) is 18.0. The van der Waals surface area contributed by atoms with Crippen LogP contribution >= 0.6 is 23.2 Å². The van der Waals surface area contributed by atoms with Crippen molar-refractivity contribution in [3.63, 3.8) is 0 Å². The Morgan fingerprint density at radius 2 is 1.84 bits per heavy atom. The Balaban J connectivity index is 1.95. The van der Waals surface area contributed by atoms with Crippen LogP contribution < -0.4 is 0 Å². The van der Waals surface area contributed by atoms with Crippen molar-refractivity contribution in [1.29, 1.82) is 0 Å². The fraction of sp³-hybridized carbons (Fsp3) is 0.176. The zero-order valence-corrected chi connectivity index (χ0v) is 14.7. The van der Waals surface area contributed by atoms with Gasteiger partial charge in [0, 0.05) is 6.20 Å². The normalized spacial score (nSPS) is 14.0. The molecule has 0 atom stereocenters. The van der Waals surface area contributed by atoms with E-state index in [1.165, 1.54) is 12.3 Å². The van der Waals surface area contributed by atoms with Gasteiger partial charge in [-0.2, -0.15) is 0 Å². The number of imide groups is 1. The highest BCUT2D eigenvalue weighted by atomic mass is 35.5. The first-order valence-corrected chi connectivity index (χ1v) is 8.24. The molecule has 0 unspecified atom stereocenters. The molecule has 1 aliphatic heterocycles. The van der Waals surface area contributed by atoms with Crippen molar-refractivity contribution in [3.05, 3.63) is 63.4 Å². The monoisotopic (exact) mass is 377 g/mol. The first-order valence-electron chi connectivity index (χ1n) is 7.48. The van der Waals surface area contributed by atoms with Crippen molar-refractivity contribution < 1.29 is 14.4 Å². The number of fused-ring (bicyclic) bond motifs is 1. The SMILES string of the molecule is CCON=C(CN1C(=O)c2ccccc2C1=O)c1ncc(Cl)cc1Cl. The molecule has 0 saturated heterocycles. The van der Waals surface area contributed by atoms with E-state index in [1.54, 1.807) is 31.2 Å². The molecule has 0 bridgehead atoms. The number of carbonyl (C=O) groups excluding carboxylic acids is 2. The second kappa shape index (κ2) is 7.21. The molecule has 2 aromatic rings. The van der Waals surface area contributed by atoms with Gasteiger partial charge in [-0.3, -0.25) is 19.5 Å². The third-order valence-electron chi connectivity index (χ3n) is 3.57. The van der Waals surface area contributed by atoms with Crippen molar-refractivity contribution >= 4 is 40.7 Å². The predicted molar refractivity (Wildman–Crippen MR) is 94.2 cm³/mol. The van der Waals surface area contributed by atoms with Gasteiger partial charge in [0.05, 0.1) is 27.7 Å². The minimum absolute atomic E-state index is 0.110. The van der Waals surface area contributed by atoms with Crippen molar-refractivity contribution in [1.82, 2.24) is 9.88 Å². The van der Waals surface area contributed by atoms with E-state index in [1.807, 2.05) is 0 Å². The Morgan fingerprint density at radius 3 is 2.40 bits per heavy atom. The topological polar surface area (TPSA) is 71.9 Å². The van der Waals surface area contributed by atoms with Crippen molar-refractivity contribution in [2.45, 2.75) is 6.92 Å². The van der Waals surface area contributed by atoms with Crippen molar-refractivity contribution in [3.8, 4) is 0 Å². The number of halogens is 2. The Hall–Kier alpha value is -2.44. The number of pyridine rings is 1. The molecule has 0 radical (unpaired) electrons. The second-order valence-electron chi connectivity index (χ2n) is 5.18. The Labute approximate surface area is 154 Å². The van der Waals surface area contributed by atoms with E-state index in [-0.39, 0.29) is 17.3 Å². The lowest BCUT2D eigenvalue weighted by Gasteiger charge is -2.15. The Kier molecular flexibility index (Phi) is 5.01. The molecule has 8 heteroatoms. The van der Waals surface area contributed by atoms with Gasteiger partial charge < -0.3 is 4.84 Å². The molecular weight excluding hydrogens is 365 g/mol. The standard InChI is InChI=1S/C17H13Cl2N3O3/c1-2-25-21-14(15-13(19)7-10(18)8-20-15)9-22-16(23)11-5-3-4-6-12(11)17(22)24/h3-8H,2,9H2,1H3. The number of aromatic nitrogens is 1. The molecule has 1 aromatic carbocycles. The van der Waals surface area contributed by atoms with Crippen LogP contribution in [0.4, 0.5) is 0 Å². The maximum absolute atomic E-state index is 12.5. The van der Waals surface area contributed by atoms with Crippen LogP contribution in [-0.2, 0) is 4.84 Å². The van der Waals surface area contributed by atoms with Crippen LogP contribution in [0.25, 0.3) is 0 Å². The molecule has 1 aliphatic rings. The van der Waals surface area contributed by atoms with Gasteiger partial charge in [-0.05, 0) is 25.1 Å². The summed E-state index contributed by atoms with van der Waals surface area (Å²) in [5.41, 5.74) is 1.28. The highest BCUT2D eigenvalue weighted by molar-refractivity contribution is 6.36. The molecule has 0 N–H and O–H groups in total. The van der Waals surface area contributed by atoms with E-state index in [2.05, 4.69) is 10.1 Å². The third-order valence-corrected chi connectivity index (χ3v) is 4.07. The molecule has 2 amide bonds. The molecular formula is C17H13Cl2N3O3. The number of hydrogen-bond acceptors (Lipinski definition) is 5. The smallest absolute Gasteiger partial charge is 0.261 e. The Bertz CT molecular complexity index is 848. The number of carbonyl (C=O) groups is 2. The van der Waals surface area contributed by atoms with E-state index in [0.29, 0.717) is 28.5 Å². The summed E-state index contributed by atoms with van der Waals surface area (Å²) in [6.07, 6.45) is 1.41. The van der Waals surface area contributed by atoms with Gasteiger partial charge in [0.2, 0.25) is 0 Å². The van der Waals surface area contributed by atoms with E-state index < -0.39 is 11.8 Å². The number of nitrogens with zero attached hydrogens (tertiary/aromatic N) is 3. The van der Waals surface area contributed by atoms with Gasteiger partial charge >= 0.3 is 0 Å². The van der Waals surface area contributed by atoms with E-state index in [4.69, 9.17) is 28.0 Å². The molecule has 3 rings (SSSR count). The fourth-order valence-electron chi connectivity index (χ4n) is 2.45. The zero-order valence-electron chi connectivity index (χ0n) is 13.2. The summed E-state index contributed by atoms with van der Waals surface area (Å²) < 4.78 is 0. The van der Waals surface area contributed by atoms with E-state index in [9.17, 15) is 9.59 Å². The van der Waals surface area contributed by atoms with Crippen molar-refractivity contribution in [2.75, 3.05) is 13.2 Å². The number of amides is 2. The van der Waals surface area contributed by atoms with E-state index in [0.717, 1.165) is 4.90 Å². The lowest BCUT2D eigenvalue weighted by Crippen LogP contribution is -2.35. The number of hydrogen-bond donors (Lipinski definition) is 0. The quantitative estimate of drug-likeness (QED) is 0.454. The first-order chi connectivity index (χ1) is 12.0. The van der Waals surface area contributed by atoms with Crippen LogP contribution in [0.1, 0.15) is 33.3 Å². The average molecular weight is 378 g/mol. The van der Waals surface area contributed by atoms with Gasteiger partial charge in [-0.25, -0.2) is 0 Å². The van der Waals surface area contributed by atoms with Crippen LogP contribution in [0.5, 0.6) is 0 Å². The summed E-state index contributed by atoms with van der Waals surface area (Å²) in [5, 5.41) is 4.60. The highest BCUT2D eigenvalue weighted by Crippen LogP contribution is 2.24. The lowest BCUT2D eigenvalue weighted by molar-refractivity contribution is 0.0675. The summed E-state index contributed by atoms with van der Waals surface area (Å²) in [5.74, 6) is -0.787. The van der Waals surface area contributed by atoms with Gasteiger partial charge in [0.25, 0.3) is 11.8 Å². The van der Waals surface area contributed by atoms with Crippen LogP contribution in [0.3, 0.4) is 0 Å². The molecule has 1 aromatic heterocycles. The van der Waals surface area contributed by atoms with Gasteiger partial charge in [0.1, 0.15) is 18.0 Å². The highest BCUT2D eigenvalue weighted by Gasteiger charge is 2.36. The number of benzene rings is 1. The second-order valence-corrected chi connectivity index (χ2v) is 6.03. The van der Waals surface area contributed by atoms with E-state index >= 15 is 0 Å². The number of oxime groups is 1. The van der Waals surface area contributed by atoms with Crippen LogP contribution in [0.15, 0.2) is 41.7 Å². The van der Waals surface area contributed by atoms with Crippen LogP contribution in [0.2, 0.25) is 10.0 Å². The summed E-state index contributed by atoms with van der Waals surface area (Å²) in [4.78, 5) is 35.4. The molecule has 6 nitrogen and oxygen atoms in total. The molecule has 128 valence electrons. The summed E-state index contributed by atoms with van der Waals surface area (Å²) in [6.45, 7) is 1.97. The molecule has 0 fully saturated rings. The largest absolute Gasteiger partial charge is 0.396 e. The van der Waals surface area contributed by atoms with Crippen LogP contribution in [-0.4, -0.2) is 40.6 Å². The fourth-order valence-corrected chi connectivity index (χ4v) is 2.94. The maximum atomic E-state index is 12.5. The van der Waals surface area contributed by atoms with Crippen LogP contribution in [0, 0.1) is 0 Å². The maximum Gasteiger partial charge on any atom is 0.261 e.